The number of amides is 1. The Morgan fingerprint density at radius 1 is 1.24 bits per heavy atom. The summed E-state index contributed by atoms with van der Waals surface area (Å²) >= 11 is 0. The Labute approximate surface area is 192 Å². The van der Waals surface area contributed by atoms with Crippen molar-refractivity contribution in [2.75, 3.05) is 25.0 Å². The minimum Gasteiger partial charge on any atom is -0.463 e. The number of nitrogens with one attached hydrogen (secondary N) is 1. The summed E-state index contributed by atoms with van der Waals surface area (Å²) in [7, 11) is 1.99. The molecule has 0 saturated carbocycles. The third-order valence-corrected chi connectivity index (χ3v) is 6.89. The molecule has 172 valence electrons. The average molecular weight is 449 g/mol. The lowest BCUT2D eigenvalue weighted by Gasteiger charge is -2.49. The summed E-state index contributed by atoms with van der Waals surface area (Å²) in [5.41, 5.74) is 3.31. The first-order chi connectivity index (χ1) is 16.0. The van der Waals surface area contributed by atoms with Crippen LogP contribution in [-0.2, 0) is 11.8 Å². The van der Waals surface area contributed by atoms with Crippen LogP contribution in [0.15, 0.2) is 53.1 Å². The number of benzene rings is 1. The van der Waals surface area contributed by atoms with Crippen molar-refractivity contribution in [3.8, 4) is 11.5 Å². The Hall–Kier alpha value is -3.39. The van der Waals surface area contributed by atoms with E-state index in [-0.39, 0.29) is 11.8 Å². The van der Waals surface area contributed by atoms with Gasteiger partial charge in [-0.2, -0.15) is 5.10 Å². The minimum atomic E-state index is -0.473. The van der Waals surface area contributed by atoms with E-state index in [2.05, 4.69) is 21.4 Å². The Morgan fingerprint density at radius 3 is 2.73 bits per heavy atom. The highest BCUT2D eigenvalue weighted by atomic mass is 16.5. The molecule has 6 rings (SSSR count). The van der Waals surface area contributed by atoms with E-state index in [0.29, 0.717) is 29.7 Å². The zero-order valence-corrected chi connectivity index (χ0v) is 18.9. The number of piperidine rings is 3. The van der Waals surface area contributed by atoms with Crippen molar-refractivity contribution >= 4 is 17.6 Å². The maximum atomic E-state index is 12.3. The Morgan fingerprint density at radius 2 is 2.06 bits per heavy atom. The molecule has 33 heavy (non-hydrogen) atoms. The normalized spacial score (nSPS) is 23.9. The number of fused-ring (bicyclic) bond motifs is 3. The number of nitrogens with zero attached hydrogens (tertiary/aromatic N) is 3. The predicted molar refractivity (Wildman–Crippen MR) is 123 cm³/mol. The third-order valence-electron chi connectivity index (χ3n) is 6.89. The highest BCUT2D eigenvalue weighted by Gasteiger charge is 2.42. The van der Waals surface area contributed by atoms with Crippen molar-refractivity contribution in [1.82, 2.24) is 14.7 Å². The summed E-state index contributed by atoms with van der Waals surface area (Å²) in [4.78, 5) is 26.1. The summed E-state index contributed by atoms with van der Waals surface area (Å²) in [6.07, 6.45) is 3.32. The number of rotatable bonds is 6. The van der Waals surface area contributed by atoms with Crippen LogP contribution in [0.3, 0.4) is 0 Å². The molecule has 3 aromatic rings. The van der Waals surface area contributed by atoms with Crippen molar-refractivity contribution in [3.05, 3.63) is 60.0 Å². The van der Waals surface area contributed by atoms with Gasteiger partial charge in [0.25, 0.3) is 0 Å². The number of ether oxygens (including phenoxy) is 1. The van der Waals surface area contributed by atoms with Gasteiger partial charge in [-0.25, -0.2) is 4.79 Å². The number of carbonyl (C=O) groups excluding carboxylic acids is 2. The molecule has 4 atom stereocenters. The SMILES string of the molecule is CC(=O)c1ccc(NC(=O)OC[C@H]2C[C@@H]3CCN2C[C@@H]3c2cc(-c3ccco3)nn2C)cc1. The Bertz CT molecular complexity index is 1140. The molecule has 2 bridgehead atoms. The first kappa shape index (κ1) is 21.5. The van der Waals surface area contributed by atoms with Crippen molar-refractivity contribution in [3.63, 3.8) is 0 Å². The molecule has 3 aliphatic heterocycles. The van der Waals surface area contributed by atoms with Crippen LogP contribution in [-0.4, -0.2) is 52.3 Å². The van der Waals surface area contributed by atoms with Gasteiger partial charge in [-0.05, 0) is 74.7 Å². The van der Waals surface area contributed by atoms with Gasteiger partial charge in [-0.1, -0.05) is 0 Å². The second-order valence-electron chi connectivity index (χ2n) is 8.95. The van der Waals surface area contributed by atoms with E-state index in [4.69, 9.17) is 9.15 Å². The summed E-state index contributed by atoms with van der Waals surface area (Å²) in [6, 6.07) is 13.0. The first-order valence-electron chi connectivity index (χ1n) is 11.3. The van der Waals surface area contributed by atoms with Gasteiger partial charge in [0, 0.05) is 42.5 Å². The van der Waals surface area contributed by atoms with Crippen molar-refractivity contribution in [2.45, 2.75) is 31.7 Å². The van der Waals surface area contributed by atoms with Gasteiger partial charge in [0.05, 0.1) is 6.26 Å². The third kappa shape index (κ3) is 4.43. The molecule has 5 heterocycles. The fraction of sp³-hybridized carbons (Fsp3) is 0.400. The number of ketones is 1. The number of Topliss-reactive ketones (excluding diaryl/α,β-unsaturated/α-hetero) is 1. The number of aromatic nitrogens is 2. The molecule has 1 amide bonds. The minimum absolute atomic E-state index is 0.00727. The molecule has 3 fully saturated rings. The number of hydrogen-bond acceptors (Lipinski definition) is 6. The second kappa shape index (κ2) is 8.86. The smallest absolute Gasteiger partial charge is 0.411 e. The van der Waals surface area contributed by atoms with Gasteiger partial charge < -0.3 is 9.15 Å². The lowest BCUT2D eigenvalue weighted by molar-refractivity contribution is -0.00222. The molecule has 0 spiro atoms. The molecule has 3 saturated heterocycles. The van der Waals surface area contributed by atoms with E-state index >= 15 is 0 Å². The standard InChI is InChI=1S/C25H28N4O4/c1-16(30)17-5-7-19(8-6-17)26-25(31)33-15-20-12-18-9-10-29(20)14-21(18)23-13-22(27-28(23)2)24-4-3-11-32-24/h3-8,11,13,18,20-21H,9-10,12,14-15H2,1-2H3,(H,26,31)/t18-,20+,21-/m0/s1. The molecular weight excluding hydrogens is 420 g/mol. The van der Waals surface area contributed by atoms with Crippen molar-refractivity contribution in [2.24, 2.45) is 13.0 Å². The fourth-order valence-electron chi connectivity index (χ4n) is 5.13. The van der Waals surface area contributed by atoms with Gasteiger partial charge in [-0.3, -0.25) is 19.7 Å². The zero-order chi connectivity index (χ0) is 22.9. The van der Waals surface area contributed by atoms with E-state index in [1.165, 1.54) is 12.6 Å². The molecule has 8 heteroatoms. The number of furan rings is 1. The second-order valence-corrected chi connectivity index (χ2v) is 8.95. The molecular formula is C25H28N4O4. The molecule has 1 unspecified atom stereocenters. The number of carbonyl (C=O) groups is 2. The molecule has 3 aliphatic rings. The van der Waals surface area contributed by atoms with E-state index in [0.717, 1.165) is 37.4 Å². The van der Waals surface area contributed by atoms with Crippen LogP contribution in [0.1, 0.15) is 41.7 Å². The summed E-state index contributed by atoms with van der Waals surface area (Å²) in [5, 5.41) is 7.39. The van der Waals surface area contributed by atoms with Gasteiger partial charge in [0.15, 0.2) is 11.5 Å². The number of anilines is 1. The van der Waals surface area contributed by atoms with Crippen LogP contribution in [0.25, 0.3) is 11.5 Å². The molecule has 1 N–H and O–H groups in total. The molecule has 0 radical (unpaired) electrons. The van der Waals surface area contributed by atoms with Crippen LogP contribution < -0.4 is 5.32 Å². The summed E-state index contributed by atoms with van der Waals surface area (Å²) in [6.45, 7) is 3.83. The lowest BCUT2D eigenvalue weighted by atomic mass is 9.74. The van der Waals surface area contributed by atoms with Crippen LogP contribution in [0.2, 0.25) is 0 Å². The van der Waals surface area contributed by atoms with Crippen molar-refractivity contribution in [1.29, 1.82) is 0 Å². The average Bonchev–Trinajstić information content (AvgIpc) is 3.48. The quantitative estimate of drug-likeness (QED) is 0.565. The fourth-order valence-corrected chi connectivity index (χ4v) is 5.13. The Balaban J connectivity index is 1.17. The maximum absolute atomic E-state index is 12.3. The van der Waals surface area contributed by atoms with Gasteiger partial charge in [0.2, 0.25) is 0 Å². The summed E-state index contributed by atoms with van der Waals surface area (Å²) in [5.74, 6) is 1.72. The van der Waals surface area contributed by atoms with Crippen molar-refractivity contribution < 1.29 is 18.7 Å². The zero-order valence-electron chi connectivity index (χ0n) is 18.9. The molecule has 0 aliphatic carbocycles. The molecule has 8 nitrogen and oxygen atoms in total. The van der Waals surface area contributed by atoms with Crippen LogP contribution in [0, 0.1) is 5.92 Å². The van der Waals surface area contributed by atoms with Gasteiger partial charge in [0.1, 0.15) is 12.3 Å². The van der Waals surface area contributed by atoms with E-state index in [1.807, 2.05) is 23.9 Å². The summed E-state index contributed by atoms with van der Waals surface area (Å²) < 4.78 is 13.0. The van der Waals surface area contributed by atoms with Gasteiger partial charge in [-0.15, -0.1) is 0 Å². The first-order valence-corrected chi connectivity index (χ1v) is 11.3. The maximum Gasteiger partial charge on any atom is 0.411 e. The highest BCUT2D eigenvalue weighted by molar-refractivity contribution is 5.94. The van der Waals surface area contributed by atoms with Crippen LogP contribution in [0.5, 0.6) is 0 Å². The number of aryl methyl sites for hydroxylation is 1. The number of hydrogen-bond donors (Lipinski definition) is 1. The predicted octanol–water partition coefficient (Wildman–Crippen LogP) is 4.31. The topological polar surface area (TPSA) is 89.6 Å². The van der Waals surface area contributed by atoms with Gasteiger partial charge >= 0.3 is 6.09 Å². The highest BCUT2D eigenvalue weighted by Crippen LogP contribution is 2.42. The molecule has 1 aromatic carbocycles. The Kier molecular flexibility index (Phi) is 5.76. The van der Waals surface area contributed by atoms with Crippen LogP contribution in [0.4, 0.5) is 10.5 Å². The monoisotopic (exact) mass is 448 g/mol. The van der Waals surface area contributed by atoms with E-state index in [1.54, 1.807) is 30.5 Å². The largest absolute Gasteiger partial charge is 0.463 e. The van der Waals surface area contributed by atoms with E-state index in [9.17, 15) is 9.59 Å². The molecule has 2 aromatic heterocycles. The lowest BCUT2D eigenvalue weighted by Crippen LogP contribution is -2.54. The van der Waals surface area contributed by atoms with E-state index < -0.39 is 6.09 Å². The van der Waals surface area contributed by atoms with Crippen LogP contribution >= 0.6 is 0 Å².